The zero-order chi connectivity index (χ0) is 43.9. The number of carboxylic acid groups (broad SMARTS) is 1. The van der Waals surface area contributed by atoms with Gasteiger partial charge in [0, 0.05) is 64.8 Å². The molecule has 0 aliphatic carbocycles. The molecule has 2 rings (SSSR count). The van der Waals surface area contributed by atoms with Crippen LogP contribution in [0.4, 0.5) is 0 Å². The molecule has 3 N–H and O–H groups in total. The van der Waals surface area contributed by atoms with Crippen LogP contribution in [0.3, 0.4) is 0 Å². The van der Waals surface area contributed by atoms with Crippen molar-refractivity contribution < 1.29 is 43.3 Å². The first-order valence-electron chi connectivity index (χ1n) is 21.2. The molecule has 3 amide bonds. The van der Waals surface area contributed by atoms with Gasteiger partial charge in [-0.2, -0.15) is 0 Å². The number of methoxy groups -OCH3 is 2. The molecule has 0 saturated carbocycles. The first kappa shape index (κ1) is 50.5. The van der Waals surface area contributed by atoms with E-state index >= 15 is 0 Å². The van der Waals surface area contributed by atoms with Gasteiger partial charge < -0.3 is 30.1 Å². The molecule has 1 heterocycles. The number of likely N-dealkylation sites (N-methyl/N-ethyl adjacent to an activating group) is 2. The Labute approximate surface area is 347 Å². The first-order chi connectivity index (χ1) is 27.3. The number of likely N-dealkylation sites (tertiary alicyclic amines) is 1. The minimum Gasteiger partial charge on any atom is -0.481 e. The summed E-state index contributed by atoms with van der Waals surface area (Å²) in [5, 5.41) is 9.11. The molecule has 13 nitrogen and oxygen atoms in total. The fourth-order valence-corrected chi connectivity index (χ4v) is 8.89. The molecular weight excluding hydrogens is 741 g/mol. The predicted octanol–water partition coefficient (Wildman–Crippen LogP) is 5.26. The van der Waals surface area contributed by atoms with Gasteiger partial charge in [0.25, 0.3) is 0 Å². The number of benzene rings is 1. The van der Waals surface area contributed by atoms with Gasteiger partial charge in [0.1, 0.15) is 5.78 Å². The lowest BCUT2D eigenvalue weighted by atomic mass is 9.83. The van der Waals surface area contributed by atoms with E-state index in [0.717, 1.165) is 12.0 Å². The van der Waals surface area contributed by atoms with Crippen molar-refractivity contribution in [1.29, 1.82) is 0 Å². The van der Waals surface area contributed by atoms with Gasteiger partial charge in [0.2, 0.25) is 17.7 Å². The Hall–Kier alpha value is -3.68. The second-order valence-electron chi connectivity index (χ2n) is 17.2. The van der Waals surface area contributed by atoms with Crippen molar-refractivity contribution in [3.63, 3.8) is 0 Å². The number of primary amides is 1. The summed E-state index contributed by atoms with van der Waals surface area (Å²) in [4.78, 5) is 85.2. The van der Waals surface area contributed by atoms with Crippen LogP contribution in [0.1, 0.15) is 105 Å². The van der Waals surface area contributed by atoms with Crippen LogP contribution in [0, 0.1) is 35.5 Å². The van der Waals surface area contributed by atoms with Crippen molar-refractivity contribution in [2.75, 3.05) is 41.4 Å². The van der Waals surface area contributed by atoms with E-state index < -0.39 is 53.9 Å². The van der Waals surface area contributed by atoms with E-state index in [4.69, 9.17) is 20.3 Å². The van der Waals surface area contributed by atoms with E-state index in [1.54, 1.807) is 38.0 Å². The minimum atomic E-state index is -0.881. The van der Waals surface area contributed by atoms with E-state index in [1.807, 2.05) is 83.8 Å². The molecule has 9 atom stereocenters. The molecule has 13 heteroatoms. The van der Waals surface area contributed by atoms with E-state index in [-0.39, 0.29) is 72.9 Å². The van der Waals surface area contributed by atoms with E-state index in [1.165, 1.54) is 0 Å². The molecule has 1 aromatic rings. The molecule has 1 aromatic carbocycles. The Kier molecular flexibility index (Phi) is 21.2. The second kappa shape index (κ2) is 24.4. The maximum absolute atomic E-state index is 14.5. The third-order valence-corrected chi connectivity index (χ3v) is 12.4. The van der Waals surface area contributed by atoms with Crippen LogP contribution in [0.15, 0.2) is 30.3 Å². The monoisotopic (exact) mass is 815 g/mol. The second-order valence-corrected chi connectivity index (χ2v) is 17.2. The van der Waals surface area contributed by atoms with Gasteiger partial charge >= 0.3 is 5.97 Å². The van der Waals surface area contributed by atoms with Crippen molar-refractivity contribution in [2.45, 2.75) is 137 Å². The molecule has 0 aromatic heterocycles. The van der Waals surface area contributed by atoms with Gasteiger partial charge in [0.05, 0.1) is 36.8 Å². The zero-order valence-corrected chi connectivity index (χ0v) is 37.1. The number of nitrogens with zero attached hydrogens (tertiary/aromatic N) is 3. The molecule has 0 radical (unpaired) electrons. The fourth-order valence-electron chi connectivity index (χ4n) is 8.89. The van der Waals surface area contributed by atoms with Crippen molar-refractivity contribution in [3.8, 4) is 0 Å². The largest absolute Gasteiger partial charge is 0.481 e. The van der Waals surface area contributed by atoms with E-state index in [0.29, 0.717) is 38.8 Å². The van der Waals surface area contributed by atoms with Crippen LogP contribution in [-0.2, 0) is 44.7 Å². The number of carbonyl (C=O) groups excluding carboxylic acids is 5. The summed E-state index contributed by atoms with van der Waals surface area (Å²) in [7, 11) is 6.65. The van der Waals surface area contributed by atoms with Gasteiger partial charge in [-0.1, -0.05) is 85.2 Å². The van der Waals surface area contributed by atoms with Gasteiger partial charge in [0.15, 0.2) is 5.78 Å². The summed E-state index contributed by atoms with van der Waals surface area (Å²) < 4.78 is 12.0. The van der Waals surface area contributed by atoms with Crippen molar-refractivity contribution in [3.05, 3.63) is 35.9 Å². The predicted molar refractivity (Wildman–Crippen MR) is 225 cm³/mol. The van der Waals surface area contributed by atoms with E-state index in [2.05, 4.69) is 0 Å². The Balaban J connectivity index is 2.27. The lowest BCUT2D eigenvalue weighted by molar-refractivity contribution is -0.149. The lowest BCUT2D eigenvalue weighted by Crippen LogP contribution is -2.54. The standard InChI is InChI=1S/C45H74N4O9/c1-12-30(6)42(48(9)45(56)34(28(2)3)26-37(51)41(29(4)5)47(8)22-17-21-40(53)54)38(57-10)27-39(52)49-23-16-20-35(49)43(58-11)31(7)36(50)25-33(44(46)55)24-32-18-14-13-15-19-32/h13-15,18-19,28-31,33-35,38,41-43H,12,16-17,20-27H2,1-11H3,(H2,46,55)(H,53,54)/t30-,31-,33+,34-,35-,38+,41-,42-,43+/m0/s1. The van der Waals surface area contributed by atoms with Gasteiger partial charge in [-0.05, 0) is 62.6 Å². The van der Waals surface area contributed by atoms with Gasteiger partial charge in [-0.15, -0.1) is 0 Å². The molecular formula is C45H74N4O9. The van der Waals surface area contributed by atoms with Crippen molar-refractivity contribution in [2.24, 2.45) is 41.2 Å². The lowest BCUT2D eigenvalue weighted by Gasteiger charge is -2.41. The molecule has 58 heavy (non-hydrogen) atoms. The highest BCUT2D eigenvalue weighted by Gasteiger charge is 2.43. The molecule has 1 aliphatic rings. The maximum Gasteiger partial charge on any atom is 0.303 e. The number of rotatable bonds is 27. The summed E-state index contributed by atoms with van der Waals surface area (Å²) in [5.41, 5.74) is 6.66. The molecule has 0 unspecified atom stereocenters. The van der Waals surface area contributed by atoms with Crippen LogP contribution in [-0.4, -0.2) is 127 Å². The third-order valence-electron chi connectivity index (χ3n) is 12.4. The minimum absolute atomic E-state index is 0.00104. The van der Waals surface area contributed by atoms with Crippen LogP contribution in [0.25, 0.3) is 0 Å². The highest BCUT2D eigenvalue weighted by Crippen LogP contribution is 2.32. The maximum atomic E-state index is 14.5. The summed E-state index contributed by atoms with van der Waals surface area (Å²) >= 11 is 0. The number of nitrogens with two attached hydrogens (primary N) is 1. The van der Waals surface area contributed by atoms with Crippen LogP contribution in [0.5, 0.6) is 0 Å². The number of carboxylic acids is 1. The molecule has 1 fully saturated rings. The molecule has 0 bridgehead atoms. The Morgan fingerprint density at radius 2 is 1.53 bits per heavy atom. The number of hydrogen-bond acceptors (Lipinski definition) is 9. The smallest absolute Gasteiger partial charge is 0.303 e. The summed E-state index contributed by atoms with van der Waals surface area (Å²) in [5.74, 6) is -4.11. The zero-order valence-electron chi connectivity index (χ0n) is 37.1. The van der Waals surface area contributed by atoms with Gasteiger partial charge in [-0.3, -0.25) is 33.7 Å². The van der Waals surface area contributed by atoms with Crippen LogP contribution >= 0.6 is 0 Å². The van der Waals surface area contributed by atoms with Gasteiger partial charge in [-0.25, -0.2) is 0 Å². The quantitative estimate of drug-likeness (QED) is 0.119. The summed E-state index contributed by atoms with van der Waals surface area (Å²) in [6, 6.07) is 8.13. The number of carbonyl (C=O) groups is 6. The van der Waals surface area contributed by atoms with Crippen LogP contribution < -0.4 is 5.73 Å². The molecule has 1 saturated heterocycles. The highest BCUT2D eigenvalue weighted by molar-refractivity contribution is 5.90. The average molecular weight is 815 g/mol. The number of amides is 3. The molecule has 328 valence electrons. The fraction of sp³-hybridized carbons (Fsp3) is 0.733. The number of hydrogen-bond donors (Lipinski definition) is 2. The SMILES string of the molecule is CC[C@H](C)[C@@H]([C@@H](CC(=O)N1CCC[C@H]1[C@H](OC)[C@@H](C)C(=O)C[C@@H](Cc1ccccc1)C(N)=O)OC)N(C)C(=O)[C@@H](CC(=O)[C@H](C(C)C)N(C)CCCC(=O)O)C(C)C. The normalized spacial score (nSPS) is 18.7. The Morgan fingerprint density at radius 1 is 0.897 bits per heavy atom. The average Bonchev–Trinajstić information content (AvgIpc) is 3.65. The van der Waals surface area contributed by atoms with Crippen molar-refractivity contribution >= 4 is 35.3 Å². The number of aliphatic carboxylic acids is 1. The number of Topliss-reactive ketones (excluding diaryl/α,β-unsaturated/α-hetero) is 2. The first-order valence-corrected chi connectivity index (χ1v) is 21.2. The molecule has 1 aliphatic heterocycles. The van der Waals surface area contributed by atoms with E-state index in [9.17, 15) is 28.8 Å². The molecule has 0 spiro atoms. The number of ketones is 2. The van der Waals surface area contributed by atoms with Crippen LogP contribution in [0.2, 0.25) is 0 Å². The summed E-state index contributed by atoms with van der Waals surface area (Å²) in [6.07, 6.45) is 1.63. The number of ether oxygens (including phenoxy) is 2. The Bertz CT molecular complexity index is 1490. The Morgan fingerprint density at radius 3 is 2.05 bits per heavy atom. The van der Waals surface area contributed by atoms with Crippen molar-refractivity contribution in [1.82, 2.24) is 14.7 Å². The third kappa shape index (κ3) is 14.3. The topological polar surface area (TPSA) is 177 Å². The summed E-state index contributed by atoms with van der Waals surface area (Å²) in [6.45, 7) is 14.6. The highest BCUT2D eigenvalue weighted by atomic mass is 16.5.